The molecule has 0 aliphatic carbocycles. The summed E-state index contributed by atoms with van der Waals surface area (Å²) in [6.45, 7) is 12.0. The molecular weight excluding hydrogens is 639 g/mol. The quantitative estimate of drug-likeness (QED) is 0.132. The van der Waals surface area contributed by atoms with Gasteiger partial charge >= 0.3 is 19.5 Å². The Kier molecular flexibility index (Phi) is 10.8. The molecule has 3 unspecified atom stereocenters. The zero-order valence-corrected chi connectivity index (χ0v) is 27.4. The highest BCUT2D eigenvalue weighted by Gasteiger charge is 2.47. The number of fused-ring (bicyclic) bond motifs is 1. The van der Waals surface area contributed by atoms with Gasteiger partial charge in [0.05, 0.1) is 16.5 Å². The van der Waals surface area contributed by atoms with Gasteiger partial charge in [-0.15, -0.1) is 11.3 Å². The van der Waals surface area contributed by atoms with Gasteiger partial charge in [-0.1, -0.05) is 24.2 Å². The van der Waals surface area contributed by atoms with Gasteiger partial charge in [0.25, 0.3) is 5.91 Å². The lowest BCUT2D eigenvalue weighted by Gasteiger charge is -2.30. The molecule has 1 aromatic heterocycles. The Morgan fingerprint density at radius 3 is 2.32 bits per heavy atom. The van der Waals surface area contributed by atoms with Crippen molar-refractivity contribution in [3.63, 3.8) is 0 Å². The highest BCUT2D eigenvalue weighted by atomic mass is 35.5. The summed E-state index contributed by atoms with van der Waals surface area (Å²) in [7, 11) is -5.31. The second kappa shape index (κ2) is 13.5. The van der Waals surface area contributed by atoms with Crippen LogP contribution in [-0.2, 0) is 32.9 Å². The predicted molar refractivity (Wildman–Crippen MR) is 164 cm³/mol. The Hall–Kier alpha value is -3.15. The summed E-state index contributed by atoms with van der Waals surface area (Å²) in [6, 6.07) is 7.75. The van der Waals surface area contributed by atoms with Crippen LogP contribution in [0.1, 0.15) is 52.8 Å². The van der Waals surface area contributed by atoms with E-state index in [4.69, 9.17) is 25.6 Å². The molecule has 44 heavy (non-hydrogen) atoms. The molecule has 2 aromatic carbocycles. The van der Waals surface area contributed by atoms with E-state index < -0.39 is 72.1 Å². The van der Waals surface area contributed by atoms with Crippen LogP contribution in [0.3, 0.4) is 0 Å². The average molecular weight is 672 g/mol. The number of hydrogen-bond acceptors (Lipinski definition) is 8. The number of ether oxygens (including phenoxy) is 2. The number of halogens is 3. The number of amides is 1. The van der Waals surface area contributed by atoms with Crippen molar-refractivity contribution in [1.29, 1.82) is 0 Å². The molecule has 0 fully saturated rings. The summed E-state index contributed by atoms with van der Waals surface area (Å²) >= 11 is 7.32. The van der Waals surface area contributed by atoms with E-state index in [0.29, 0.717) is 15.0 Å². The molecule has 1 heterocycles. The predicted octanol–water partition coefficient (Wildman–Crippen LogP) is 7.76. The van der Waals surface area contributed by atoms with E-state index in [9.17, 15) is 32.6 Å². The standard InChI is InChI=1S/C30H33ClF2NO8PS/c1-8-34(21-11-9-10-20(32)24(21)33)26(35)25(19-16-44-22-13-12-17(31)14-18(19)22)43(38,39)42-23(41-28(37)30(5,6)7)15-40-27(36)29(2,3)4/h8-14,16,23,25H,1,15H2,2-7H3,(H,38,39). The molecule has 1 N–H and O–H groups in total. The summed E-state index contributed by atoms with van der Waals surface area (Å²) < 4.78 is 59.8. The van der Waals surface area contributed by atoms with Crippen molar-refractivity contribution in [2.45, 2.75) is 53.5 Å². The van der Waals surface area contributed by atoms with Gasteiger partial charge in [0, 0.05) is 15.9 Å². The normalized spacial score (nSPS) is 14.8. The van der Waals surface area contributed by atoms with Crippen molar-refractivity contribution in [1.82, 2.24) is 0 Å². The van der Waals surface area contributed by atoms with E-state index >= 15 is 0 Å². The van der Waals surface area contributed by atoms with Crippen LogP contribution in [0.4, 0.5) is 14.5 Å². The number of benzene rings is 2. The number of esters is 2. The molecule has 3 rings (SSSR count). The molecule has 238 valence electrons. The topological polar surface area (TPSA) is 119 Å². The Morgan fingerprint density at radius 2 is 1.73 bits per heavy atom. The van der Waals surface area contributed by atoms with Crippen LogP contribution in [-0.4, -0.2) is 35.6 Å². The minimum Gasteiger partial charge on any atom is -0.459 e. The largest absolute Gasteiger partial charge is 0.459 e. The number of nitrogens with zero attached hydrogens (tertiary/aromatic N) is 1. The van der Waals surface area contributed by atoms with Crippen LogP contribution >= 0.6 is 30.5 Å². The third-order valence-corrected chi connectivity index (χ3v) is 9.02. The van der Waals surface area contributed by atoms with Crippen molar-refractivity contribution in [3.05, 3.63) is 76.8 Å². The van der Waals surface area contributed by atoms with Crippen molar-refractivity contribution < 1.29 is 46.6 Å². The number of carbonyl (C=O) groups excluding carboxylic acids is 3. The van der Waals surface area contributed by atoms with Crippen molar-refractivity contribution >= 4 is 64.2 Å². The highest BCUT2D eigenvalue weighted by molar-refractivity contribution is 7.54. The molecule has 0 radical (unpaired) electrons. The van der Waals surface area contributed by atoms with E-state index in [1.165, 1.54) is 32.2 Å². The van der Waals surface area contributed by atoms with E-state index in [-0.39, 0.29) is 10.6 Å². The first-order chi connectivity index (χ1) is 20.3. The van der Waals surface area contributed by atoms with Crippen LogP contribution in [0.25, 0.3) is 10.1 Å². The summed E-state index contributed by atoms with van der Waals surface area (Å²) in [5.41, 5.74) is -4.78. The second-order valence-electron chi connectivity index (χ2n) is 11.8. The molecule has 0 aliphatic heterocycles. The number of thiophene rings is 1. The lowest BCUT2D eigenvalue weighted by molar-refractivity contribution is -0.187. The van der Waals surface area contributed by atoms with Gasteiger partial charge in [0.15, 0.2) is 23.9 Å². The fourth-order valence-corrected chi connectivity index (χ4v) is 6.54. The molecular formula is C30H33ClF2NO8PS. The minimum atomic E-state index is -5.31. The SMILES string of the molecule is C=CN(C(=O)C(c1csc2ccc(Cl)cc12)P(=O)(O)OC(COC(=O)C(C)(C)C)OC(=O)C(C)(C)C)c1cccc(F)c1F. The van der Waals surface area contributed by atoms with Gasteiger partial charge in [-0.25, -0.2) is 8.78 Å². The van der Waals surface area contributed by atoms with Crippen LogP contribution in [0.2, 0.25) is 5.02 Å². The average Bonchev–Trinajstić information content (AvgIpc) is 3.30. The molecule has 0 bridgehead atoms. The molecule has 1 amide bonds. The fraction of sp³-hybridized carbons (Fsp3) is 0.367. The van der Waals surface area contributed by atoms with Crippen LogP contribution in [0, 0.1) is 22.5 Å². The van der Waals surface area contributed by atoms with Gasteiger partial charge in [-0.2, -0.15) is 0 Å². The summed E-state index contributed by atoms with van der Waals surface area (Å²) in [4.78, 5) is 51.4. The fourth-order valence-electron chi connectivity index (χ4n) is 3.77. The Morgan fingerprint density at radius 1 is 1.09 bits per heavy atom. The van der Waals surface area contributed by atoms with E-state index in [0.717, 1.165) is 35.7 Å². The van der Waals surface area contributed by atoms with Crippen molar-refractivity contribution in [3.8, 4) is 0 Å². The summed E-state index contributed by atoms with van der Waals surface area (Å²) in [5, 5.41) is 1.99. The lowest BCUT2D eigenvalue weighted by Crippen LogP contribution is -2.36. The van der Waals surface area contributed by atoms with Crippen LogP contribution in [0.15, 0.2) is 54.6 Å². The van der Waals surface area contributed by atoms with Crippen molar-refractivity contribution in [2.24, 2.45) is 10.8 Å². The van der Waals surface area contributed by atoms with Gasteiger partial charge in [0.1, 0.15) is 0 Å². The maximum atomic E-state index is 14.8. The second-order valence-corrected chi connectivity index (χ2v) is 15.0. The number of anilines is 1. The maximum Gasteiger partial charge on any atom is 0.348 e. The number of rotatable bonds is 10. The van der Waals surface area contributed by atoms with Gasteiger partial charge in [-0.3, -0.25) is 28.4 Å². The van der Waals surface area contributed by atoms with Crippen molar-refractivity contribution in [2.75, 3.05) is 11.5 Å². The van der Waals surface area contributed by atoms with Gasteiger partial charge < -0.3 is 14.4 Å². The Labute approximate surface area is 262 Å². The first-order valence-corrected chi connectivity index (χ1v) is 16.1. The third kappa shape index (κ3) is 8.11. The molecule has 0 aliphatic rings. The minimum absolute atomic E-state index is 0.0282. The molecule has 3 aromatic rings. The monoisotopic (exact) mass is 671 g/mol. The smallest absolute Gasteiger partial charge is 0.348 e. The van der Waals surface area contributed by atoms with E-state index in [2.05, 4.69) is 6.58 Å². The zero-order valence-electron chi connectivity index (χ0n) is 24.9. The Balaban J connectivity index is 2.15. The highest BCUT2D eigenvalue weighted by Crippen LogP contribution is 2.60. The third-order valence-electron chi connectivity index (χ3n) is 6.11. The summed E-state index contributed by atoms with van der Waals surface area (Å²) in [6.07, 6.45) is -1.08. The summed E-state index contributed by atoms with van der Waals surface area (Å²) in [5.74, 6) is -5.49. The molecule has 9 nitrogen and oxygen atoms in total. The van der Waals surface area contributed by atoms with Crippen LogP contribution < -0.4 is 4.90 Å². The first-order valence-electron chi connectivity index (χ1n) is 13.2. The van der Waals surface area contributed by atoms with E-state index in [1.54, 1.807) is 32.9 Å². The molecule has 14 heteroatoms. The van der Waals surface area contributed by atoms with E-state index in [1.807, 2.05) is 0 Å². The molecule has 0 spiro atoms. The Bertz CT molecular complexity index is 1630. The number of carbonyl (C=O) groups is 3. The lowest BCUT2D eigenvalue weighted by atomic mass is 9.97. The van der Waals surface area contributed by atoms with Gasteiger partial charge in [-0.05, 0) is 88.2 Å². The molecule has 0 saturated carbocycles. The molecule has 0 saturated heterocycles. The van der Waals surface area contributed by atoms with Crippen LogP contribution in [0.5, 0.6) is 0 Å². The maximum absolute atomic E-state index is 14.8. The number of hydrogen-bond donors (Lipinski definition) is 1. The molecule has 3 atom stereocenters. The zero-order chi connectivity index (χ0) is 33.2. The first kappa shape index (κ1) is 35.3. The van der Waals surface area contributed by atoms with Gasteiger partial charge in [0.2, 0.25) is 6.29 Å².